The van der Waals surface area contributed by atoms with Gasteiger partial charge in [-0.25, -0.2) is 4.98 Å². The smallest absolute Gasteiger partial charge is 0.131 e. The number of hydrogen-bond acceptors (Lipinski definition) is 4. The maximum absolute atomic E-state index is 6.12. The van der Waals surface area contributed by atoms with E-state index in [1.165, 1.54) is 31.5 Å². The Kier molecular flexibility index (Phi) is 6.00. The predicted octanol–water partition coefficient (Wildman–Crippen LogP) is 2.14. The van der Waals surface area contributed by atoms with Crippen molar-refractivity contribution in [1.29, 1.82) is 0 Å². The summed E-state index contributed by atoms with van der Waals surface area (Å²) in [4.78, 5) is 9.35. The van der Waals surface area contributed by atoms with Gasteiger partial charge in [0, 0.05) is 25.8 Å². The second-order valence-electron chi connectivity index (χ2n) is 6.49. The van der Waals surface area contributed by atoms with Gasteiger partial charge in [0.15, 0.2) is 0 Å². The third kappa shape index (κ3) is 4.68. The number of nitrogens with two attached hydrogens (primary N) is 1. The van der Waals surface area contributed by atoms with Crippen LogP contribution in [0.2, 0.25) is 0 Å². The zero-order valence-electron chi connectivity index (χ0n) is 13.8. The molecule has 1 aromatic rings. The molecule has 0 aromatic carbocycles. The average Bonchev–Trinajstić information content (AvgIpc) is 2.50. The number of rotatable bonds is 6. The van der Waals surface area contributed by atoms with E-state index in [2.05, 4.69) is 41.9 Å². The maximum atomic E-state index is 6.12. The van der Waals surface area contributed by atoms with Gasteiger partial charge < -0.3 is 15.5 Å². The molecule has 4 nitrogen and oxygen atoms in total. The molecule has 1 saturated heterocycles. The fourth-order valence-corrected chi connectivity index (χ4v) is 3.08. The molecule has 1 fully saturated rings. The van der Waals surface area contributed by atoms with Crippen LogP contribution >= 0.6 is 0 Å². The molecule has 2 heterocycles. The highest BCUT2D eigenvalue weighted by atomic mass is 15.2. The Balaban J connectivity index is 1.99. The normalized spacial score (nSPS) is 18.7. The number of nitrogens with zero attached hydrogens (tertiary/aromatic N) is 3. The molecule has 21 heavy (non-hydrogen) atoms. The van der Waals surface area contributed by atoms with Gasteiger partial charge in [0.1, 0.15) is 5.82 Å². The van der Waals surface area contributed by atoms with Crippen LogP contribution in [-0.2, 0) is 6.42 Å². The molecule has 2 N–H and O–H groups in total. The fourth-order valence-electron chi connectivity index (χ4n) is 3.08. The summed E-state index contributed by atoms with van der Waals surface area (Å²) in [6.07, 6.45) is 6.39. The Hall–Kier alpha value is -1.13. The lowest BCUT2D eigenvalue weighted by atomic mass is 9.96. The first-order valence-electron chi connectivity index (χ1n) is 8.19. The molecule has 118 valence electrons. The van der Waals surface area contributed by atoms with E-state index in [9.17, 15) is 0 Å². The minimum absolute atomic E-state index is 0.227. The van der Waals surface area contributed by atoms with Gasteiger partial charge >= 0.3 is 0 Å². The van der Waals surface area contributed by atoms with Gasteiger partial charge in [-0.2, -0.15) is 0 Å². The van der Waals surface area contributed by atoms with Crippen LogP contribution in [0, 0.1) is 5.92 Å². The molecule has 1 atom stereocenters. The first kappa shape index (κ1) is 16.2. The molecule has 1 aliphatic heterocycles. The van der Waals surface area contributed by atoms with E-state index in [-0.39, 0.29) is 6.04 Å². The van der Waals surface area contributed by atoms with Crippen molar-refractivity contribution in [3.8, 4) is 0 Å². The summed E-state index contributed by atoms with van der Waals surface area (Å²) >= 11 is 0. The number of anilines is 1. The van der Waals surface area contributed by atoms with E-state index in [0.29, 0.717) is 0 Å². The lowest BCUT2D eigenvalue weighted by Gasteiger charge is -2.32. The van der Waals surface area contributed by atoms with Gasteiger partial charge in [-0.3, -0.25) is 0 Å². The number of aromatic nitrogens is 1. The van der Waals surface area contributed by atoms with Crippen LogP contribution < -0.4 is 10.6 Å². The van der Waals surface area contributed by atoms with Crippen molar-refractivity contribution < 1.29 is 0 Å². The highest BCUT2D eigenvalue weighted by Gasteiger charge is 2.20. The summed E-state index contributed by atoms with van der Waals surface area (Å²) < 4.78 is 0. The Labute approximate surface area is 129 Å². The quantitative estimate of drug-likeness (QED) is 0.872. The van der Waals surface area contributed by atoms with Gasteiger partial charge in [-0.05, 0) is 63.4 Å². The van der Waals surface area contributed by atoms with Crippen LogP contribution in [0.25, 0.3) is 0 Å². The van der Waals surface area contributed by atoms with Gasteiger partial charge in [0.2, 0.25) is 0 Å². The summed E-state index contributed by atoms with van der Waals surface area (Å²) in [5, 5.41) is 0. The second kappa shape index (κ2) is 7.76. The molecule has 0 bridgehead atoms. The highest BCUT2D eigenvalue weighted by molar-refractivity contribution is 5.46. The number of pyridine rings is 1. The monoisotopic (exact) mass is 290 g/mol. The van der Waals surface area contributed by atoms with E-state index in [4.69, 9.17) is 5.73 Å². The largest absolute Gasteiger partial charge is 0.359 e. The number of hydrogen-bond donors (Lipinski definition) is 1. The molecular weight excluding hydrogens is 260 g/mol. The Bertz CT molecular complexity index is 427. The molecule has 4 heteroatoms. The van der Waals surface area contributed by atoms with E-state index >= 15 is 0 Å². The zero-order valence-corrected chi connectivity index (χ0v) is 13.8. The standard InChI is InChI=1S/C17H30N4/c1-4-16(18)12-15-6-5-9-19-17(15)21(3)13-14-7-10-20(2)11-8-14/h5-6,9,14,16H,4,7-8,10-13,18H2,1-3H3. The third-order valence-corrected chi connectivity index (χ3v) is 4.61. The summed E-state index contributed by atoms with van der Waals surface area (Å²) in [6.45, 7) is 5.67. The van der Waals surface area contributed by atoms with Crippen LogP contribution in [0.4, 0.5) is 5.82 Å². The second-order valence-corrected chi connectivity index (χ2v) is 6.49. The first-order valence-corrected chi connectivity index (χ1v) is 8.19. The van der Waals surface area contributed by atoms with Crippen LogP contribution in [0.1, 0.15) is 31.7 Å². The molecular formula is C17H30N4. The van der Waals surface area contributed by atoms with Crippen molar-refractivity contribution in [3.63, 3.8) is 0 Å². The Morgan fingerprint density at radius 1 is 1.43 bits per heavy atom. The minimum Gasteiger partial charge on any atom is -0.359 e. The van der Waals surface area contributed by atoms with E-state index in [0.717, 1.165) is 31.1 Å². The van der Waals surface area contributed by atoms with Crippen LogP contribution in [0.15, 0.2) is 18.3 Å². The Morgan fingerprint density at radius 3 is 2.81 bits per heavy atom. The number of likely N-dealkylation sites (tertiary alicyclic amines) is 1. The van der Waals surface area contributed by atoms with Crippen LogP contribution in [-0.4, -0.2) is 49.7 Å². The topological polar surface area (TPSA) is 45.4 Å². The van der Waals surface area contributed by atoms with Gasteiger partial charge in [0.25, 0.3) is 0 Å². The van der Waals surface area contributed by atoms with Gasteiger partial charge in [-0.15, -0.1) is 0 Å². The summed E-state index contributed by atoms with van der Waals surface area (Å²) in [5.74, 6) is 1.89. The molecule has 1 unspecified atom stereocenters. The molecule has 0 aliphatic carbocycles. The molecule has 0 amide bonds. The number of piperidine rings is 1. The summed E-state index contributed by atoms with van der Waals surface area (Å²) in [6, 6.07) is 4.41. The van der Waals surface area contributed by atoms with Crippen LogP contribution in [0.5, 0.6) is 0 Å². The lowest BCUT2D eigenvalue weighted by Crippen LogP contribution is -2.36. The summed E-state index contributed by atoms with van der Waals surface area (Å²) in [5.41, 5.74) is 7.40. The van der Waals surface area contributed by atoms with Crippen molar-refractivity contribution in [2.45, 2.75) is 38.6 Å². The van der Waals surface area contributed by atoms with Crippen LogP contribution in [0.3, 0.4) is 0 Å². The molecule has 0 radical (unpaired) electrons. The van der Waals surface area contributed by atoms with Crippen molar-refractivity contribution in [2.75, 3.05) is 38.6 Å². The molecule has 1 aromatic heterocycles. The first-order chi connectivity index (χ1) is 10.1. The lowest BCUT2D eigenvalue weighted by molar-refractivity contribution is 0.222. The van der Waals surface area contributed by atoms with Crippen molar-refractivity contribution in [3.05, 3.63) is 23.9 Å². The van der Waals surface area contributed by atoms with E-state index < -0.39 is 0 Å². The average molecular weight is 290 g/mol. The minimum atomic E-state index is 0.227. The van der Waals surface area contributed by atoms with Gasteiger partial charge in [-0.1, -0.05) is 13.0 Å². The maximum Gasteiger partial charge on any atom is 0.131 e. The van der Waals surface area contributed by atoms with E-state index in [1.54, 1.807) is 0 Å². The zero-order chi connectivity index (χ0) is 15.2. The van der Waals surface area contributed by atoms with E-state index in [1.807, 2.05) is 12.3 Å². The fraction of sp³-hybridized carbons (Fsp3) is 0.706. The molecule has 0 spiro atoms. The van der Waals surface area contributed by atoms with Gasteiger partial charge in [0.05, 0.1) is 0 Å². The Morgan fingerprint density at radius 2 is 2.14 bits per heavy atom. The third-order valence-electron chi connectivity index (χ3n) is 4.61. The molecule has 0 saturated carbocycles. The van der Waals surface area contributed by atoms with Crippen molar-refractivity contribution in [2.24, 2.45) is 11.7 Å². The molecule has 2 rings (SSSR count). The molecule has 1 aliphatic rings. The van der Waals surface area contributed by atoms with Crippen molar-refractivity contribution >= 4 is 5.82 Å². The SMILES string of the molecule is CCC(N)Cc1cccnc1N(C)CC1CCN(C)CC1. The van der Waals surface area contributed by atoms with Crippen molar-refractivity contribution in [1.82, 2.24) is 9.88 Å². The predicted molar refractivity (Wildman–Crippen MR) is 89.7 cm³/mol. The summed E-state index contributed by atoms with van der Waals surface area (Å²) in [7, 11) is 4.38. The highest BCUT2D eigenvalue weighted by Crippen LogP contribution is 2.22.